The van der Waals surface area contributed by atoms with Crippen molar-refractivity contribution in [2.75, 3.05) is 26.2 Å². The normalized spacial score (nSPS) is 13.8. The summed E-state index contributed by atoms with van der Waals surface area (Å²) in [7, 11) is 0. The van der Waals surface area contributed by atoms with Crippen LogP contribution in [0, 0.1) is 5.92 Å². The molecule has 92 valence electrons. The summed E-state index contributed by atoms with van der Waals surface area (Å²) in [6.07, 6.45) is 2.62. The van der Waals surface area contributed by atoms with Gasteiger partial charge in [-0.05, 0) is 38.9 Å². The lowest BCUT2D eigenvalue weighted by atomic mass is 10.2. The Morgan fingerprint density at radius 2 is 1.73 bits per heavy atom. The lowest BCUT2D eigenvalue weighted by Gasteiger charge is -2.28. The highest BCUT2D eigenvalue weighted by molar-refractivity contribution is 4.68. The molecule has 0 rings (SSSR count). The van der Waals surface area contributed by atoms with Crippen LogP contribution < -0.4 is 5.32 Å². The van der Waals surface area contributed by atoms with Crippen LogP contribution in [0.2, 0.25) is 0 Å². The molecule has 1 N–H and O–H groups in total. The number of hydrogen-bond donors (Lipinski definition) is 1. The summed E-state index contributed by atoms with van der Waals surface area (Å²) in [4.78, 5) is 2.57. The smallest absolute Gasteiger partial charge is 0.0192 e. The summed E-state index contributed by atoms with van der Waals surface area (Å²) >= 11 is 0. The van der Waals surface area contributed by atoms with Crippen LogP contribution in [0.4, 0.5) is 0 Å². The van der Waals surface area contributed by atoms with Gasteiger partial charge in [-0.3, -0.25) is 4.90 Å². The molecular formula is C13H30N2. The van der Waals surface area contributed by atoms with E-state index < -0.39 is 0 Å². The van der Waals surface area contributed by atoms with Gasteiger partial charge in [0.2, 0.25) is 0 Å². The average Bonchev–Trinajstić information content (AvgIpc) is 2.18. The molecule has 2 nitrogen and oxygen atoms in total. The zero-order valence-corrected chi connectivity index (χ0v) is 11.3. The first-order valence-electron chi connectivity index (χ1n) is 6.56. The van der Waals surface area contributed by atoms with Crippen molar-refractivity contribution in [3.63, 3.8) is 0 Å². The summed E-state index contributed by atoms with van der Waals surface area (Å²) in [6, 6.07) is 0.667. The molecule has 0 aromatic heterocycles. The van der Waals surface area contributed by atoms with E-state index in [2.05, 4.69) is 44.8 Å². The van der Waals surface area contributed by atoms with Gasteiger partial charge in [-0.15, -0.1) is 0 Å². The molecule has 2 heteroatoms. The van der Waals surface area contributed by atoms with Crippen LogP contribution in [-0.4, -0.2) is 37.1 Å². The second-order valence-electron chi connectivity index (χ2n) is 4.88. The number of nitrogens with zero attached hydrogens (tertiary/aromatic N) is 1. The Morgan fingerprint density at radius 1 is 1.07 bits per heavy atom. The Bertz CT molecular complexity index is 134. The lowest BCUT2D eigenvalue weighted by molar-refractivity contribution is 0.210. The van der Waals surface area contributed by atoms with Crippen LogP contribution in [0.25, 0.3) is 0 Å². The SMILES string of the molecule is CCCCN(CC)C(C)CNCC(C)C. The van der Waals surface area contributed by atoms with E-state index in [1.54, 1.807) is 0 Å². The molecule has 0 saturated heterocycles. The maximum absolute atomic E-state index is 3.53. The molecule has 0 heterocycles. The first-order chi connectivity index (χ1) is 7.11. The van der Waals surface area contributed by atoms with Crippen LogP contribution in [0.5, 0.6) is 0 Å². The van der Waals surface area contributed by atoms with E-state index in [9.17, 15) is 0 Å². The van der Waals surface area contributed by atoms with Gasteiger partial charge in [0.05, 0.1) is 0 Å². The van der Waals surface area contributed by atoms with Crippen molar-refractivity contribution in [2.24, 2.45) is 5.92 Å². The first kappa shape index (κ1) is 14.9. The van der Waals surface area contributed by atoms with Crippen LogP contribution >= 0.6 is 0 Å². The first-order valence-corrected chi connectivity index (χ1v) is 6.56. The van der Waals surface area contributed by atoms with Crippen LogP contribution in [0.15, 0.2) is 0 Å². The van der Waals surface area contributed by atoms with Gasteiger partial charge in [0.25, 0.3) is 0 Å². The third kappa shape index (κ3) is 7.80. The second-order valence-corrected chi connectivity index (χ2v) is 4.88. The Hall–Kier alpha value is -0.0800. The Balaban J connectivity index is 3.67. The molecule has 0 fully saturated rings. The summed E-state index contributed by atoms with van der Waals surface area (Å²) in [5.74, 6) is 0.753. The highest BCUT2D eigenvalue weighted by atomic mass is 15.2. The average molecular weight is 214 g/mol. The van der Waals surface area contributed by atoms with Crippen molar-refractivity contribution in [3.05, 3.63) is 0 Å². The number of rotatable bonds is 9. The van der Waals surface area contributed by atoms with Crippen LogP contribution in [-0.2, 0) is 0 Å². The highest BCUT2D eigenvalue weighted by Gasteiger charge is 2.10. The van der Waals surface area contributed by atoms with Crippen molar-refractivity contribution >= 4 is 0 Å². The van der Waals surface area contributed by atoms with Crippen molar-refractivity contribution in [1.29, 1.82) is 0 Å². The molecule has 0 aliphatic carbocycles. The van der Waals surface area contributed by atoms with Gasteiger partial charge in [0.1, 0.15) is 0 Å². The minimum atomic E-state index is 0.667. The maximum Gasteiger partial charge on any atom is 0.0192 e. The summed E-state index contributed by atoms with van der Waals surface area (Å²) in [5, 5.41) is 3.53. The molecule has 0 aliphatic heterocycles. The lowest BCUT2D eigenvalue weighted by Crippen LogP contribution is -2.41. The summed E-state index contributed by atoms with van der Waals surface area (Å²) in [5.41, 5.74) is 0. The largest absolute Gasteiger partial charge is 0.315 e. The van der Waals surface area contributed by atoms with Gasteiger partial charge in [0.15, 0.2) is 0 Å². The third-order valence-electron chi connectivity index (χ3n) is 2.82. The van der Waals surface area contributed by atoms with Crippen molar-refractivity contribution in [3.8, 4) is 0 Å². The third-order valence-corrected chi connectivity index (χ3v) is 2.82. The monoisotopic (exact) mass is 214 g/mol. The van der Waals surface area contributed by atoms with Gasteiger partial charge >= 0.3 is 0 Å². The fraction of sp³-hybridized carbons (Fsp3) is 1.00. The number of nitrogens with one attached hydrogen (secondary N) is 1. The molecule has 0 radical (unpaired) electrons. The fourth-order valence-corrected chi connectivity index (χ4v) is 1.76. The molecular weight excluding hydrogens is 184 g/mol. The Morgan fingerprint density at radius 3 is 2.20 bits per heavy atom. The van der Waals surface area contributed by atoms with E-state index in [1.807, 2.05) is 0 Å². The minimum Gasteiger partial charge on any atom is -0.315 e. The second kappa shape index (κ2) is 9.17. The van der Waals surface area contributed by atoms with Gasteiger partial charge < -0.3 is 5.32 Å². The van der Waals surface area contributed by atoms with Crippen molar-refractivity contribution in [1.82, 2.24) is 10.2 Å². The predicted molar refractivity (Wildman–Crippen MR) is 69.3 cm³/mol. The molecule has 0 saturated carbocycles. The fourth-order valence-electron chi connectivity index (χ4n) is 1.76. The Labute approximate surface area is 96.4 Å². The van der Waals surface area contributed by atoms with E-state index in [0.29, 0.717) is 6.04 Å². The highest BCUT2D eigenvalue weighted by Crippen LogP contribution is 2.01. The topological polar surface area (TPSA) is 15.3 Å². The van der Waals surface area contributed by atoms with Gasteiger partial charge in [-0.2, -0.15) is 0 Å². The number of likely N-dealkylation sites (N-methyl/N-ethyl adjacent to an activating group) is 1. The molecule has 0 aromatic rings. The predicted octanol–water partition coefficient (Wildman–Crippen LogP) is 2.74. The zero-order valence-electron chi connectivity index (χ0n) is 11.3. The maximum atomic E-state index is 3.53. The summed E-state index contributed by atoms with van der Waals surface area (Å²) in [6.45, 7) is 16.0. The molecule has 0 bridgehead atoms. The van der Waals surface area contributed by atoms with Crippen LogP contribution in [0.3, 0.4) is 0 Å². The molecule has 0 aromatic carbocycles. The molecule has 1 unspecified atom stereocenters. The van der Waals surface area contributed by atoms with E-state index in [4.69, 9.17) is 0 Å². The molecule has 15 heavy (non-hydrogen) atoms. The van der Waals surface area contributed by atoms with E-state index in [-0.39, 0.29) is 0 Å². The van der Waals surface area contributed by atoms with Gasteiger partial charge in [-0.1, -0.05) is 34.1 Å². The quantitative estimate of drug-likeness (QED) is 0.635. The van der Waals surface area contributed by atoms with E-state index in [0.717, 1.165) is 19.0 Å². The minimum absolute atomic E-state index is 0.667. The molecule has 0 aliphatic rings. The van der Waals surface area contributed by atoms with Crippen molar-refractivity contribution < 1.29 is 0 Å². The molecule has 0 spiro atoms. The Kier molecular flexibility index (Phi) is 9.12. The van der Waals surface area contributed by atoms with E-state index >= 15 is 0 Å². The van der Waals surface area contributed by atoms with E-state index in [1.165, 1.54) is 25.9 Å². The van der Waals surface area contributed by atoms with Gasteiger partial charge in [-0.25, -0.2) is 0 Å². The molecule has 0 amide bonds. The van der Waals surface area contributed by atoms with Gasteiger partial charge in [0, 0.05) is 12.6 Å². The zero-order chi connectivity index (χ0) is 11.7. The summed E-state index contributed by atoms with van der Waals surface area (Å²) < 4.78 is 0. The standard InChI is InChI=1S/C13H30N2/c1-6-8-9-15(7-2)13(5)11-14-10-12(3)4/h12-14H,6-11H2,1-5H3. The van der Waals surface area contributed by atoms with Crippen LogP contribution in [0.1, 0.15) is 47.5 Å². The number of hydrogen-bond acceptors (Lipinski definition) is 2. The molecule has 1 atom stereocenters. The van der Waals surface area contributed by atoms with Crippen molar-refractivity contribution in [2.45, 2.75) is 53.5 Å². The number of unbranched alkanes of at least 4 members (excludes halogenated alkanes) is 1.